The molecule has 7 rings (SSSR count). The lowest BCUT2D eigenvalue weighted by Gasteiger charge is -2.25. The summed E-state index contributed by atoms with van der Waals surface area (Å²) < 4.78 is 4.00. The SMILES string of the molecule is CC(C)(C)Cc1ccc2c(CC(C)(C)C)c3c(cc2c1)c1nccc2c(I)c(CC(C)(C)C)c4c5ccccc5n3c4c21. The summed E-state index contributed by atoms with van der Waals surface area (Å²) in [5, 5.41) is 9.34. The molecule has 3 aromatic heterocycles. The lowest BCUT2D eigenvalue weighted by molar-refractivity contribution is 0.411. The molecule has 0 N–H and O–H groups in total. The Hall–Kier alpha value is -2.92. The van der Waals surface area contributed by atoms with E-state index in [0.717, 1.165) is 24.8 Å². The van der Waals surface area contributed by atoms with E-state index < -0.39 is 0 Å². The van der Waals surface area contributed by atoms with E-state index in [-0.39, 0.29) is 16.2 Å². The van der Waals surface area contributed by atoms with Crippen LogP contribution in [0.25, 0.3) is 59.8 Å². The lowest BCUT2D eigenvalue weighted by Crippen LogP contribution is -2.13. The fraction of sp³-hybridized carbons (Fsp3) is 0.375. The Morgan fingerprint density at radius 2 is 1.30 bits per heavy atom. The van der Waals surface area contributed by atoms with E-state index in [1.54, 1.807) is 0 Å². The van der Waals surface area contributed by atoms with Crippen molar-refractivity contribution in [3.05, 3.63) is 81.1 Å². The molecule has 220 valence electrons. The molecule has 0 atom stereocenters. The predicted molar refractivity (Wildman–Crippen MR) is 196 cm³/mol. The molecule has 7 aromatic rings. The van der Waals surface area contributed by atoms with Crippen LogP contribution in [0.2, 0.25) is 0 Å². The van der Waals surface area contributed by atoms with Gasteiger partial charge in [-0.3, -0.25) is 4.98 Å². The molecule has 0 saturated carbocycles. The summed E-state index contributed by atoms with van der Waals surface area (Å²) in [6, 6.07) is 21.0. The van der Waals surface area contributed by atoms with Gasteiger partial charge in [0.25, 0.3) is 0 Å². The van der Waals surface area contributed by atoms with Gasteiger partial charge in [0, 0.05) is 36.7 Å². The summed E-state index contributed by atoms with van der Waals surface area (Å²) in [5.41, 5.74) is 9.92. The van der Waals surface area contributed by atoms with Gasteiger partial charge in [-0.05, 0) is 104 Å². The summed E-state index contributed by atoms with van der Waals surface area (Å²) >= 11 is 2.63. The average molecular weight is 679 g/mol. The Bertz CT molecular complexity index is 2210. The van der Waals surface area contributed by atoms with Gasteiger partial charge in [-0.1, -0.05) is 98.7 Å². The Balaban J connectivity index is 1.77. The van der Waals surface area contributed by atoms with Crippen molar-refractivity contribution >= 4 is 82.4 Å². The number of pyridine rings is 2. The summed E-state index contributed by atoms with van der Waals surface area (Å²) in [4.78, 5) is 5.19. The third-order valence-corrected chi connectivity index (χ3v) is 10.0. The Morgan fingerprint density at radius 1 is 0.628 bits per heavy atom. The van der Waals surface area contributed by atoms with Crippen LogP contribution in [0, 0.1) is 19.8 Å². The molecule has 0 aliphatic carbocycles. The molecule has 0 fully saturated rings. The van der Waals surface area contributed by atoms with Gasteiger partial charge in [-0.15, -0.1) is 0 Å². The minimum atomic E-state index is 0.122. The predicted octanol–water partition coefficient (Wildman–Crippen LogP) is 11.9. The smallest absolute Gasteiger partial charge is 0.0823 e. The normalized spacial score (nSPS) is 13.6. The topological polar surface area (TPSA) is 17.3 Å². The fourth-order valence-electron chi connectivity index (χ4n) is 7.46. The van der Waals surface area contributed by atoms with Gasteiger partial charge < -0.3 is 4.40 Å². The van der Waals surface area contributed by atoms with E-state index in [9.17, 15) is 0 Å². The molecule has 43 heavy (non-hydrogen) atoms. The number of rotatable bonds is 3. The maximum atomic E-state index is 5.19. The third-order valence-electron chi connectivity index (χ3n) is 8.77. The summed E-state index contributed by atoms with van der Waals surface area (Å²) in [6.45, 7) is 21.2. The molecule has 4 aromatic carbocycles. The van der Waals surface area contributed by atoms with Gasteiger partial charge in [-0.2, -0.15) is 0 Å². The van der Waals surface area contributed by atoms with Gasteiger partial charge in [0.1, 0.15) is 0 Å². The molecule has 3 heterocycles. The number of nitrogens with zero attached hydrogens (tertiary/aromatic N) is 2. The molecule has 0 saturated heterocycles. The quantitative estimate of drug-likeness (QED) is 0.103. The van der Waals surface area contributed by atoms with Crippen molar-refractivity contribution in [3.8, 4) is 0 Å². The van der Waals surface area contributed by atoms with Crippen molar-refractivity contribution in [1.82, 2.24) is 9.38 Å². The first-order chi connectivity index (χ1) is 20.1. The minimum absolute atomic E-state index is 0.122. The number of fused-ring (bicyclic) bond motifs is 7. The van der Waals surface area contributed by atoms with Crippen molar-refractivity contribution in [2.24, 2.45) is 16.2 Å². The minimum Gasteiger partial charge on any atom is -0.308 e. The highest BCUT2D eigenvalue weighted by molar-refractivity contribution is 14.1. The highest BCUT2D eigenvalue weighted by Crippen LogP contribution is 2.47. The van der Waals surface area contributed by atoms with Crippen LogP contribution < -0.4 is 0 Å². The van der Waals surface area contributed by atoms with E-state index in [4.69, 9.17) is 4.98 Å². The van der Waals surface area contributed by atoms with Gasteiger partial charge in [-0.25, -0.2) is 0 Å². The van der Waals surface area contributed by atoms with E-state index in [1.807, 2.05) is 6.20 Å². The highest BCUT2D eigenvalue weighted by Gasteiger charge is 2.28. The highest BCUT2D eigenvalue weighted by atomic mass is 127. The van der Waals surface area contributed by atoms with Crippen LogP contribution in [-0.2, 0) is 19.3 Å². The molecule has 0 spiro atoms. The molecule has 0 radical (unpaired) electrons. The van der Waals surface area contributed by atoms with Crippen LogP contribution in [0.3, 0.4) is 0 Å². The van der Waals surface area contributed by atoms with Crippen LogP contribution in [0.1, 0.15) is 79.0 Å². The summed E-state index contributed by atoms with van der Waals surface area (Å²) in [6.07, 6.45) is 5.12. The second-order valence-corrected chi connectivity index (χ2v) is 17.5. The summed E-state index contributed by atoms with van der Waals surface area (Å²) in [5.74, 6) is 0. The second-order valence-electron chi connectivity index (χ2n) is 16.5. The zero-order valence-corrected chi connectivity index (χ0v) is 29.3. The van der Waals surface area contributed by atoms with Crippen molar-refractivity contribution < 1.29 is 0 Å². The lowest BCUT2D eigenvalue weighted by atomic mass is 9.82. The number of hydrogen-bond acceptors (Lipinski definition) is 1. The molecular weight excluding hydrogens is 635 g/mol. The Kier molecular flexibility index (Phi) is 6.39. The van der Waals surface area contributed by atoms with Crippen LogP contribution in [0.15, 0.2) is 60.8 Å². The molecule has 0 bridgehead atoms. The first-order valence-corrected chi connectivity index (χ1v) is 16.8. The van der Waals surface area contributed by atoms with Gasteiger partial charge >= 0.3 is 0 Å². The van der Waals surface area contributed by atoms with Crippen molar-refractivity contribution in [1.29, 1.82) is 0 Å². The van der Waals surface area contributed by atoms with E-state index in [2.05, 4.69) is 144 Å². The largest absolute Gasteiger partial charge is 0.308 e. The molecular formula is C40H43IN2. The van der Waals surface area contributed by atoms with Gasteiger partial charge in [0.05, 0.1) is 22.1 Å². The average Bonchev–Trinajstić information content (AvgIpc) is 3.23. The van der Waals surface area contributed by atoms with E-state index in [0.29, 0.717) is 0 Å². The molecule has 3 heteroatoms. The first kappa shape index (κ1) is 28.8. The maximum absolute atomic E-state index is 5.19. The van der Waals surface area contributed by atoms with Crippen molar-refractivity contribution in [3.63, 3.8) is 0 Å². The van der Waals surface area contributed by atoms with E-state index >= 15 is 0 Å². The zero-order chi connectivity index (χ0) is 30.6. The number of aromatic nitrogens is 2. The Morgan fingerprint density at radius 3 is 2.00 bits per heavy atom. The van der Waals surface area contributed by atoms with Crippen LogP contribution in [0.5, 0.6) is 0 Å². The standard InChI is InChI=1S/C40H43IN2/c1-38(2,3)20-23-14-15-25-24(18-23)19-28-35-33-27(16-17-42-35)34(41)30(22-40(7,8)9)32-26-12-10-11-13-31(26)43(37(32)33)36(28)29(25)21-39(4,5)6/h10-19H,20-22H2,1-9H3. The number of benzene rings is 4. The molecule has 2 nitrogen and oxygen atoms in total. The fourth-order valence-corrected chi connectivity index (χ4v) is 8.37. The number of halogens is 1. The molecule has 0 amide bonds. The van der Waals surface area contributed by atoms with Crippen molar-refractivity contribution in [2.45, 2.75) is 81.6 Å². The summed E-state index contributed by atoms with van der Waals surface area (Å²) in [7, 11) is 0. The molecule has 0 aliphatic rings. The van der Waals surface area contributed by atoms with Crippen LogP contribution in [-0.4, -0.2) is 9.38 Å². The Labute approximate surface area is 269 Å². The number of hydrogen-bond donors (Lipinski definition) is 0. The van der Waals surface area contributed by atoms with Gasteiger partial charge in [0.2, 0.25) is 0 Å². The third kappa shape index (κ3) is 4.77. The van der Waals surface area contributed by atoms with Gasteiger partial charge in [0.15, 0.2) is 0 Å². The number of para-hydroxylation sites is 1. The van der Waals surface area contributed by atoms with E-state index in [1.165, 1.54) is 74.5 Å². The van der Waals surface area contributed by atoms with Crippen LogP contribution >= 0.6 is 22.6 Å². The first-order valence-electron chi connectivity index (χ1n) is 15.7. The zero-order valence-electron chi connectivity index (χ0n) is 27.2. The monoisotopic (exact) mass is 678 g/mol. The maximum Gasteiger partial charge on any atom is 0.0823 e. The second kappa shape index (κ2) is 9.54. The van der Waals surface area contributed by atoms with Crippen LogP contribution in [0.4, 0.5) is 0 Å². The molecule has 0 aliphatic heterocycles. The van der Waals surface area contributed by atoms with Crippen molar-refractivity contribution in [2.75, 3.05) is 0 Å². The molecule has 0 unspecified atom stereocenters.